The van der Waals surface area contributed by atoms with Crippen LogP contribution in [-0.2, 0) is 9.53 Å². The number of hydrogen-bond acceptors (Lipinski definition) is 3. The van der Waals surface area contributed by atoms with E-state index in [1.807, 2.05) is 24.3 Å². The van der Waals surface area contributed by atoms with E-state index in [0.29, 0.717) is 17.8 Å². The lowest BCUT2D eigenvalue weighted by Gasteiger charge is -2.25. The summed E-state index contributed by atoms with van der Waals surface area (Å²) in [7, 11) is 1.66. The minimum absolute atomic E-state index is 0.00890. The van der Waals surface area contributed by atoms with Crippen LogP contribution in [0.15, 0.2) is 24.3 Å². The Kier molecular flexibility index (Phi) is 4.92. The van der Waals surface area contributed by atoms with Gasteiger partial charge >= 0.3 is 5.97 Å². The molecule has 2 atom stereocenters. The molecule has 0 aliphatic heterocycles. The fourth-order valence-electron chi connectivity index (χ4n) is 2.94. The summed E-state index contributed by atoms with van der Waals surface area (Å²) < 4.78 is 10.9. The summed E-state index contributed by atoms with van der Waals surface area (Å²) in [4.78, 5) is 12.3. The maximum Gasteiger partial charge on any atom is 0.309 e. The molecule has 0 bridgehead atoms. The highest BCUT2D eigenvalue weighted by Crippen LogP contribution is 2.48. The summed E-state index contributed by atoms with van der Waals surface area (Å²) in [5.41, 5.74) is 1.20. The monoisotopic (exact) mass is 290 g/mol. The Morgan fingerprint density at radius 1 is 1.10 bits per heavy atom. The number of methoxy groups -OCH3 is 1. The first kappa shape index (κ1) is 15.9. The van der Waals surface area contributed by atoms with Crippen LogP contribution >= 0.6 is 0 Å². The number of carbonyl (C=O) groups excluding carboxylic acids is 1. The molecule has 0 unspecified atom stereocenters. The van der Waals surface area contributed by atoms with Gasteiger partial charge in [0.1, 0.15) is 11.9 Å². The molecular weight excluding hydrogens is 264 g/mol. The van der Waals surface area contributed by atoms with Crippen molar-refractivity contribution in [1.29, 1.82) is 0 Å². The molecular formula is C18H26O3. The Morgan fingerprint density at radius 2 is 1.67 bits per heavy atom. The minimum Gasteiger partial charge on any atom is -0.497 e. The molecule has 3 heteroatoms. The maximum atomic E-state index is 12.3. The molecule has 0 radical (unpaired) electrons. The van der Waals surface area contributed by atoms with Crippen LogP contribution in [0, 0.1) is 17.8 Å². The highest BCUT2D eigenvalue weighted by atomic mass is 16.5. The lowest BCUT2D eigenvalue weighted by Crippen LogP contribution is -2.29. The summed E-state index contributed by atoms with van der Waals surface area (Å²) in [6.45, 7) is 8.41. The van der Waals surface area contributed by atoms with Crippen LogP contribution in [0.1, 0.15) is 45.6 Å². The SMILES string of the molecule is COc1ccc([C@H]2C[C@@H]2C(=O)OC(C(C)C)C(C)C)cc1. The summed E-state index contributed by atoms with van der Waals surface area (Å²) in [6.07, 6.45) is 0.906. The number of carbonyl (C=O) groups is 1. The molecule has 1 aliphatic carbocycles. The standard InChI is InChI=1S/C18H26O3/c1-11(2)17(12(3)4)21-18(19)16-10-15(16)13-6-8-14(20-5)9-7-13/h6-9,11-12,15-17H,10H2,1-5H3/t15-,16+/m1/s1. The third-order valence-electron chi connectivity index (χ3n) is 4.20. The summed E-state index contributed by atoms with van der Waals surface area (Å²) in [5, 5.41) is 0. The molecule has 0 heterocycles. The fourth-order valence-corrected chi connectivity index (χ4v) is 2.94. The molecule has 0 aromatic heterocycles. The molecule has 21 heavy (non-hydrogen) atoms. The van der Waals surface area contributed by atoms with Gasteiger partial charge in [0.15, 0.2) is 0 Å². The Labute approximate surface area is 127 Å². The van der Waals surface area contributed by atoms with Crippen LogP contribution in [0.4, 0.5) is 0 Å². The van der Waals surface area contributed by atoms with E-state index in [2.05, 4.69) is 27.7 Å². The normalized spacial score (nSPS) is 21.0. The van der Waals surface area contributed by atoms with E-state index < -0.39 is 0 Å². The summed E-state index contributed by atoms with van der Waals surface area (Å²) in [5.74, 6) is 1.85. The first-order valence-corrected chi connectivity index (χ1v) is 7.78. The van der Waals surface area contributed by atoms with Crippen molar-refractivity contribution in [3.05, 3.63) is 29.8 Å². The molecule has 1 aliphatic rings. The number of rotatable bonds is 6. The van der Waals surface area contributed by atoms with Crippen molar-refractivity contribution in [2.24, 2.45) is 17.8 Å². The molecule has 1 saturated carbocycles. The van der Waals surface area contributed by atoms with Crippen molar-refractivity contribution in [3.63, 3.8) is 0 Å². The number of benzene rings is 1. The van der Waals surface area contributed by atoms with Crippen LogP contribution in [-0.4, -0.2) is 19.2 Å². The van der Waals surface area contributed by atoms with Crippen molar-refractivity contribution in [1.82, 2.24) is 0 Å². The molecule has 0 amide bonds. The average Bonchev–Trinajstić information content (AvgIpc) is 3.24. The van der Waals surface area contributed by atoms with E-state index in [1.165, 1.54) is 5.56 Å². The lowest BCUT2D eigenvalue weighted by molar-refractivity contribution is -0.155. The Balaban J connectivity index is 1.94. The minimum atomic E-state index is -0.0387. The van der Waals surface area contributed by atoms with Crippen molar-refractivity contribution in [3.8, 4) is 5.75 Å². The van der Waals surface area contributed by atoms with Gasteiger partial charge in [0.25, 0.3) is 0 Å². The molecule has 116 valence electrons. The zero-order valence-corrected chi connectivity index (χ0v) is 13.6. The first-order chi connectivity index (χ1) is 9.93. The smallest absolute Gasteiger partial charge is 0.309 e. The summed E-state index contributed by atoms with van der Waals surface area (Å²) in [6, 6.07) is 7.97. The predicted octanol–water partition coefficient (Wildman–Crippen LogP) is 4.02. The quantitative estimate of drug-likeness (QED) is 0.742. The van der Waals surface area contributed by atoms with Crippen molar-refractivity contribution in [2.75, 3.05) is 7.11 Å². The van der Waals surface area contributed by atoms with Crippen LogP contribution in [0.5, 0.6) is 5.75 Å². The van der Waals surface area contributed by atoms with Crippen molar-refractivity contribution < 1.29 is 14.3 Å². The zero-order valence-electron chi connectivity index (χ0n) is 13.6. The largest absolute Gasteiger partial charge is 0.497 e. The third kappa shape index (κ3) is 3.78. The Bertz CT molecular complexity index is 468. The molecule has 0 spiro atoms. The molecule has 2 rings (SSSR count). The molecule has 0 N–H and O–H groups in total. The second-order valence-electron chi connectivity index (χ2n) is 6.61. The Hall–Kier alpha value is -1.51. The predicted molar refractivity (Wildman–Crippen MR) is 83.4 cm³/mol. The number of ether oxygens (including phenoxy) is 2. The molecule has 1 aromatic rings. The van der Waals surface area contributed by atoms with Crippen molar-refractivity contribution in [2.45, 2.75) is 46.1 Å². The van der Waals surface area contributed by atoms with Gasteiger partial charge in [0.05, 0.1) is 13.0 Å². The van der Waals surface area contributed by atoms with Gasteiger partial charge in [-0.1, -0.05) is 39.8 Å². The van der Waals surface area contributed by atoms with Gasteiger partial charge < -0.3 is 9.47 Å². The van der Waals surface area contributed by atoms with Gasteiger partial charge in [0, 0.05) is 0 Å². The second kappa shape index (κ2) is 6.50. The zero-order chi connectivity index (χ0) is 15.6. The second-order valence-corrected chi connectivity index (χ2v) is 6.61. The average molecular weight is 290 g/mol. The Morgan fingerprint density at radius 3 is 2.14 bits per heavy atom. The van der Waals surface area contributed by atoms with Gasteiger partial charge in [-0.15, -0.1) is 0 Å². The van der Waals surface area contributed by atoms with Crippen molar-refractivity contribution >= 4 is 5.97 Å². The fraction of sp³-hybridized carbons (Fsp3) is 0.611. The summed E-state index contributed by atoms with van der Waals surface area (Å²) >= 11 is 0. The lowest BCUT2D eigenvalue weighted by atomic mass is 9.96. The highest BCUT2D eigenvalue weighted by molar-refractivity contribution is 5.77. The van der Waals surface area contributed by atoms with Crippen LogP contribution in [0.2, 0.25) is 0 Å². The van der Waals surface area contributed by atoms with Gasteiger partial charge in [-0.05, 0) is 41.9 Å². The molecule has 1 aromatic carbocycles. The van der Waals surface area contributed by atoms with Crippen LogP contribution in [0.3, 0.4) is 0 Å². The number of esters is 1. The molecule has 3 nitrogen and oxygen atoms in total. The van der Waals surface area contributed by atoms with Gasteiger partial charge in [-0.3, -0.25) is 4.79 Å². The maximum absolute atomic E-state index is 12.3. The van der Waals surface area contributed by atoms with E-state index in [9.17, 15) is 4.79 Å². The van der Waals surface area contributed by atoms with E-state index in [1.54, 1.807) is 7.11 Å². The van der Waals surface area contributed by atoms with E-state index in [-0.39, 0.29) is 18.0 Å². The highest BCUT2D eigenvalue weighted by Gasteiger charge is 2.46. The van der Waals surface area contributed by atoms with Gasteiger partial charge in [-0.2, -0.15) is 0 Å². The van der Waals surface area contributed by atoms with E-state index >= 15 is 0 Å². The van der Waals surface area contributed by atoms with E-state index in [0.717, 1.165) is 12.2 Å². The topological polar surface area (TPSA) is 35.5 Å². The third-order valence-corrected chi connectivity index (χ3v) is 4.20. The van der Waals surface area contributed by atoms with Gasteiger partial charge in [-0.25, -0.2) is 0 Å². The van der Waals surface area contributed by atoms with Crippen LogP contribution in [0.25, 0.3) is 0 Å². The van der Waals surface area contributed by atoms with E-state index in [4.69, 9.17) is 9.47 Å². The molecule has 0 saturated heterocycles. The number of hydrogen-bond donors (Lipinski definition) is 0. The molecule has 1 fully saturated rings. The van der Waals surface area contributed by atoms with Crippen LogP contribution < -0.4 is 4.74 Å². The first-order valence-electron chi connectivity index (χ1n) is 7.78. The van der Waals surface area contributed by atoms with Gasteiger partial charge in [0.2, 0.25) is 0 Å².